The maximum atomic E-state index is 13.6. The lowest BCUT2D eigenvalue weighted by molar-refractivity contribution is -0.117. The number of hydrogen-bond donors (Lipinski definition) is 1. The third kappa shape index (κ3) is 6.24. The lowest BCUT2D eigenvalue weighted by atomic mass is 9.95. The van der Waals surface area contributed by atoms with E-state index in [1.165, 1.54) is 44.1 Å². The molecule has 1 N–H and O–H groups in total. The zero-order chi connectivity index (χ0) is 30.5. The molecule has 1 aliphatic heterocycles. The number of methoxy groups -OCH3 is 3. The predicted molar refractivity (Wildman–Crippen MR) is 167 cm³/mol. The largest absolute Gasteiger partial charge is 0.503 e. The molecule has 0 spiro atoms. The molecule has 2 heterocycles. The van der Waals surface area contributed by atoms with Crippen LogP contribution in [0.2, 0.25) is 5.02 Å². The smallest absolute Gasteiger partial charge is 0.296 e. The van der Waals surface area contributed by atoms with E-state index in [1.807, 2.05) is 54.6 Å². The van der Waals surface area contributed by atoms with Gasteiger partial charge in [0, 0.05) is 10.8 Å². The molecule has 12 heteroatoms. The number of carbonyl (C=O) groups is 2. The van der Waals surface area contributed by atoms with Gasteiger partial charge in [0.2, 0.25) is 10.9 Å². The van der Waals surface area contributed by atoms with Gasteiger partial charge in [0.05, 0.1) is 32.9 Å². The number of aromatic nitrogens is 2. The van der Waals surface area contributed by atoms with Crippen molar-refractivity contribution < 1.29 is 28.9 Å². The number of thioether (sulfide) groups is 1. The molecule has 1 unspecified atom stereocenters. The Hall–Kier alpha value is -4.32. The molecule has 1 amide bonds. The molecular formula is C31H26ClN3O6S2. The van der Waals surface area contributed by atoms with E-state index in [0.29, 0.717) is 37.9 Å². The Morgan fingerprint density at radius 2 is 1.70 bits per heavy atom. The molecule has 0 bridgehead atoms. The van der Waals surface area contributed by atoms with Crippen molar-refractivity contribution >= 4 is 57.6 Å². The molecule has 1 aromatic heterocycles. The number of halogens is 1. The van der Waals surface area contributed by atoms with Crippen LogP contribution in [0.1, 0.15) is 22.7 Å². The number of aliphatic hydroxyl groups is 1. The van der Waals surface area contributed by atoms with Crippen molar-refractivity contribution in [3.05, 3.63) is 106 Å². The van der Waals surface area contributed by atoms with Gasteiger partial charge in [-0.25, -0.2) is 0 Å². The first kappa shape index (κ1) is 30.1. The molecule has 3 aromatic carbocycles. The highest BCUT2D eigenvalue weighted by atomic mass is 35.5. The third-order valence-electron chi connectivity index (χ3n) is 6.61. The van der Waals surface area contributed by atoms with Crippen LogP contribution in [0.3, 0.4) is 0 Å². The molecule has 1 atom stereocenters. The number of aliphatic hydroxyl groups excluding tert-OH is 1. The summed E-state index contributed by atoms with van der Waals surface area (Å²) >= 11 is 8.87. The maximum absolute atomic E-state index is 13.6. The van der Waals surface area contributed by atoms with Gasteiger partial charge in [-0.05, 0) is 41.0 Å². The highest BCUT2D eigenvalue weighted by Gasteiger charge is 2.46. The fourth-order valence-corrected chi connectivity index (χ4v) is 6.72. The van der Waals surface area contributed by atoms with Crippen molar-refractivity contribution in [2.45, 2.75) is 16.1 Å². The van der Waals surface area contributed by atoms with E-state index in [1.54, 1.807) is 18.2 Å². The van der Waals surface area contributed by atoms with Crippen LogP contribution in [-0.4, -0.2) is 48.3 Å². The fourth-order valence-electron chi connectivity index (χ4n) is 4.57. The number of nitrogens with zero attached hydrogens (tertiary/aromatic N) is 3. The van der Waals surface area contributed by atoms with Crippen molar-refractivity contribution in [3.8, 4) is 17.2 Å². The zero-order valence-electron chi connectivity index (χ0n) is 23.3. The summed E-state index contributed by atoms with van der Waals surface area (Å²) in [6, 6.07) is 18.9. The average molecular weight is 636 g/mol. The Kier molecular flexibility index (Phi) is 9.34. The Balaban J connectivity index is 1.55. The molecule has 1 aliphatic rings. The van der Waals surface area contributed by atoms with Crippen molar-refractivity contribution in [1.29, 1.82) is 0 Å². The van der Waals surface area contributed by atoms with Crippen LogP contribution in [-0.2, 0) is 15.3 Å². The van der Waals surface area contributed by atoms with Gasteiger partial charge in [0.25, 0.3) is 5.91 Å². The highest BCUT2D eigenvalue weighted by molar-refractivity contribution is 8.00. The Morgan fingerprint density at radius 1 is 1.02 bits per heavy atom. The predicted octanol–water partition coefficient (Wildman–Crippen LogP) is 6.69. The lowest BCUT2D eigenvalue weighted by Crippen LogP contribution is -2.31. The van der Waals surface area contributed by atoms with Crippen molar-refractivity contribution in [2.75, 3.05) is 26.2 Å². The van der Waals surface area contributed by atoms with Gasteiger partial charge in [0.15, 0.2) is 27.4 Å². The van der Waals surface area contributed by atoms with Gasteiger partial charge >= 0.3 is 0 Å². The number of allylic oxidation sites excluding steroid dienone is 1. The first-order valence-corrected chi connectivity index (χ1v) is 15.1. The maximum Gasteiger partial charge on any atom is 0.296 e. The van der Waals surface area contributed by atoms with E-state index in [4.69, 9.17) is 25.8 Å². The summed E-state index contributed by atoms with van der Waals surface area (Å²) in [6.07, 6.45) is 2.95. The van der Waals surface area contributed by atoms with Crippen LogP contribution in [0, 0.1) is 0 Å². The normalized spacial score (nSPS) is 14.9. The average Bonchev–Trinajstić information content (AvgIpc) is 3.60. The van der Waals surface area contributed by atoms with Crippen LogP contribution in [0.25, 0.3) is 6.08 Å². The minimum Gasteiger partial charge on any atom is -0.503 e. The first-order chi connectivity index (χ1) is 20.9. The monoisotopic (exact) mass is 635 g/mol. The number of benzene rings is 3. The van der Waals surface area contributed by atoms with E-state index < -0.39 is 23.5 Å². The number of hydrogen-bond acceptors (Lipinski definition) is 10. The molecule has 4 aromatic rings. The Bertz CT molecular complexity index is 1700. The van der Waals surface area contributed by atoms with Gasteiger partial charge in [-0.15, -0.1) is 10.2 Å². The van der Waals surface area contributed by atoms with Gasteiger partial charge in [-0.2, -0.15) is 0 Å². The lowest BCUT2D eigenvalue weighted by Gasteiger charge is -2.25. The van der Waals surface area contributed by atoms with Crippen molar-refractivity contribution in [1.82, 2.24) is 10.2 Å². The molecule has 5 rings (SSSR count). The molecule has 9 nitrogen and oxygen atoms in total. The molecule has 0 aliphatic carbocycles. The van der Waals surface area contributed by atoms with Crippen LogP contribution in [0.5, 0.6) is 17.2 Å². The third-order valence-corrected chi connectivity index (χ3v) is 9.09. The van der Waals surface area contributed by atoms with E-state index in [9.17, 15) is 14.7 Å². The summed E-state index contributed by atoms with van der Waals surface area (Å²) in [4.78, 5) is 28.5. The van der Waals surface area contributed by atoms with Crippen LogP contribution in [0.15, 0.2) is 88.5 Å². The molecule has 43 heavy (non-hydrogen) atoms. The Labute approximate surface area is 261 Å². The number of amides is 1. The van der Waals surface area contributed by atoms with E-state index in [2.05, 4.69) is 10.2 Å². The summed E-state index contributed by atoms with van der Waals surface area (Å²) in [5, 5.41) is 20.5. The molecule has 0 saturated heterocycles. The minimum absolute atomic E-state index is 0.119. The molecule has 220 valence electrons. The van der Waals surface area contributed by atoms with Crippen molar-refractivity contribution in [3.63, 3.8) is 0 Å². The summed E-state index contributed by atoms with van der Waals surface area (Å²) in [7, 11) is 4.41. The molecular weight excluding hydrogens is 610 g/mol. The fraction of sp³-hybridized carbons (Fsp3) is 0.161. The highest BCUT2D eigenvalue weighted by Crippen LogP contribution is 2.47. The summed E-state index contributed by atoms with van der Waals surface area (Å²) < 4.78 is 17.1. The minimum atomic E-state index is -1.07. The second-order valence-electron chi connectivity index (χ2n) is 9.14. The summed E-state index contributed by atoms with van der Waals surface area (Å²) in [6.45, 7) is 0. The molecule has 0 radical (unpaired) electrons. The van der Waals surface area contributed by atoms with E-state index in [-0.39, 0.29) is 10.7 Å². The van der Waals surface area contributed by atoms with Gasteiger partial charge in [-0.1, -0.05) is 89.3 Å². The SMILES string of the molecule is COc1cc(C2C(C(=O)C=Cc3ccccc3)=C(O)C(=O)N2c2nnc(SCc3ccccc3Cl)s2)cc(OC)c1OC. The number of anilines is 1. The second kappa shape index (κ2) is 13.3. The molecule has 0 saturated carbocycles. The quantitative estimate of drug-likeness (QED) is 0.109. The number of ketones is 1. The van der Waals surface area contributed by atoms with E-state index in [0.717, 1.165) is 22.5 Å². The van der Waals surface area contributed by atoms with Gasteiger partial charge in [-0.3, -0.25) is 14.5 Å². The number of ether oxygens (including phenoxy) is 3. The topological polar surface area (TPSA) is 111 Å². The van der Waals surface area contributed by atoms with Crippen LogP contribution in [0.4, 0.5) is 5.13 Å². The molecule has 0 fully saturated rings. The summed E-state index contributed by atoms with van der Waals surface area (Å²) in [5.74, 6) is -0.504. The number of carbonyl (C=O) groups excluding carboxylic acids is 2. The van der Waals surface area contributed by atoms with Crippen molar-refractivity contribution in [2.24, 2.45) is 0 Å². The van der Waals surface area contributed by atoms with Crippen LogP contribution >= 0.6 is 34.7 Å². The zero-order valence-corrected chi connectivity index (χ0v) is 25.7. The van der Waals surface area contributed by atoms with E-state index >= 15 is 0 Å². The standard InChI is InChI=1S/C31H26ClN3O6S2/c1-39-23-15-20(16-24(40-2)28(23)41-3)26-25(22(36)14-13-18-9-5-4-6-10-18)27(37)29(38)35(26)30-33-34-31(43-30)42-17-19-11-7-8-12-21(19)32/h4-16,26,37H,17H2,1-3H3. The van der Waals surface area contributed by atoms with Gasteiger partial charge < -0.3 is 19.3 Å². The van der Waals surface area contributed by atoms with Crippen LogP contribution < -0.4 is 19.1 Å². The first-order valence-electron chi connectivity index (χ1n) is 12.9. The number of rotatable bonds is 11. The second-order valence-corrected chi connectivity index (χ2v) is 11.7. The summed E-state index contributed by atoms with van der Waals surface area (Å²) in [5.41, 5.74) is 2.03. The van der Waals surface area contributed by atoms with Gasteiger partial charge in [0.1, 0.15) is 0 Å². The Morgan fingerprint density at radius 3 is 2.35 bits per heavy atom.